The van der Waals surface area contributed by atoms with Crippen molar-refractivity contribution in [3.8, 4) is 23.0 Å². The number of nitrogen functional groups attached to an aromatic ring is 1. The SMILES string of the molecule is COc1cc(-c2ncc(O)[nH]2)ccc1N. The van der Waals surface area contributed by atoms with E-state index in [1.165, 1.54) is 6.20 Å². The van der Waals surface area contributed by atoms with Gasteiger partial charge in [-0.05, 0) is 18.2 Å². The van der Waals surface area contributed by atoms with Crippen LogP contribution in [0.15, 0.2) is 24.4 Å². The third-order valence-corrected chi connectivity index (χ3v) is 2.07. The number of aromatic hydroxyl groups is 1. The number of ether oxygens (including phenoxy) is 1. The Morgan fingerprint density at radius 1 is 1.47 bits per heavy atom. The highest BCUT2D eigenvalue weighted by molar-refractivity contribution is 5.65. The highest BCUT2D eigenvalue weighted by atomic mass is 16.5. The van der Waals surface area contributed by atoms with Crippen molar-refractivity contribution in [2.24, 2.45) is 0 Å². The number of imidazole rings is 1. The molecule has 0 aliphatic rings. The summed E-state index contributed by atoms with van der Waals surface area (Å²) in [7, 11) is 1.55. The lowest BCUT2D eigenvalue weighted by molar-refractivity contribution is 0.417. The summed E-state index contributed by atoms with van der Waals surface area (Å²) in [5.74, 6) is 1.19. The van der Waals surface area contributed by atoms with Gasteiger partial charge in [0.1, 0.15) is 11.6 Å². The Bertz CT molecular complexity index is 479. The van der Waals surface area contributed by atoms with Crippen LogP contribution in [-0.2, 0) is 0 Å². The van der Waals surface area contributed by atoms with Gasteiger partial charge in [0.25, 0.3) is 0 Å². The molecule has 2 rings (SSSR count). The van der Waals surface area contributed by atoms with Gasteiger partial charge in [-0.15, -0.1) is 0 Å². The molecule has 1 heterocycles. The van der Waals surface area contributed by atoms with E-state index in [9.17, 15) is 0 Å². The molecule has 5 nitrogen and oxygen atoms in total. The second kappa shape index (κ2) is 3.53. The molecule has 0 atom stereocenters. The van der Waals surface area contributed by atoms with Crippen LogP contribution in [0.25, 0.3) is 11.4 Å². The quantitative estimate of drug-likeness (QED) is 0.646. The van der Waals surface area contributed by atoms with E-state index >= 15 is 0 Å². The largest absolute Gasteiger partial charge is 0.495 e. The van der Waals surface area contributed by atoms with E-state index in [-0.39, 0.29) is 5.88 Å². The van der Waals surface area contributed by atoms with E-state index in [1.807, 2.05) is 0 Å². The molecule has 0 unspecified atom stereocenters. The maximum absolute atomic E-state index is 9.12. The average Bonchev–Trinajstić information content (AvgIpc) is 2.66. The Morgan fingerprint density at radius 2 is 2.27 bits per heavy atom. The van der Waals surface area contributed by atoms with Crippen LogP contribution < -0.4 is 10.5 Å². The minimum absolute atomic E-state index is 0.0285. The predicted molar refractivity (Wildman–Crippen MR) is 56.7 cm³/mol. The maximum Gasteiger partial charge on any atom is 0.208 e. The first-order valence-electron chi connectivity index (χ1n) is 4.38. The van der Waals surface area contributed by atoms with Crippen molar-refractivity contribution in [2.45, 2.75) is 0 Å². The number of aromatic amines is 1. The van der Waals surface area contributed by atoms with Crippen LogP contribution in [0.5, 0.6) is 11.6 Å². The summed E-state index contributed by atoms with van der Waals surface area (Å²) < 4.78 is 5.08. The van der Waals surface area contributed by atoms with Crippen LogP contribution in [0.2, 0.25) is 0 Å². The lowest BCUT2D eigenvalue weighted by Crippen LogP contribution is -1.92. The number of hydrogen-bond donors (Lipinski definition) is 3. The number of rotatable bonds is 2. The molecule has 0 saturated carbocycles. The first-order chi connectivity index (χ1) is 7.20. The number of methoxy groups -OCH3 is 1. The van der Waals surface area contributed by atoms with Crippen LogP contribution in [0.3, 0.4) is 0 Å². The Kier molecular flexibility index (Phi) is 2.21. The van der Waals surface area contributed by atoms with Crippen molar-refractivity contribution < 1.29 is 9.84 Å². The number of H-pyrrole nitrogens is 1. The van der Waals surface area contributed by atoms with Gasteiger partial charge < -0.3 is 20.6 Å². The van der Waals surface area contributed by atoms with Crippen molar-refractivity contribution in [2.75, 3.05) is 12.8 Å². The van der Waals surface area contributed by atoms with Crippen molar-refractivity contribution in [3.05, 3.63) is 24.4 Å². The zero-order valence-electron chi connectivity index (χ0n) is 8.19. The molecule has 4 N–H and O–H groups in total. The van der Waals surface area contributed by atoms with Crippen molar-refractivity contribution >= 4 is 5.69 Å². The molecule has 0 spiro atoms. The van der Waals surface area contributed by atoms with Gasteiger partial charge in [-0.2, -0.15) is 0 Å². The topological polar surface area (TPSA) is 84.2 Å². The van der Waals surface area contributed by atoms with E-state index in [0.29, 0.717) is 17.3 Å². The van der Waals surface area contributed by atoms with Gasteiger partial charge in [-0.3, -0.25) is 0 Å². The van der Waals surface area contributed by atoms with Crippen LogP contribution in [-0.4, -0.2) is 22.2 Å². The normalized spacial score (nSPS) is 10.2. The van der Waals surface area contributed by atoms with Crippen molar-refractivity contribution in [1.82, 2.24) is 9.97 Å². The molecule has 0 bridgehead atoms. The van der Waals surface area contributed by atoms with Crippen molar-refractivity contribution in [1.29, 1.82) is 0 Å². The van der Waals surface area contributed by atoms with Gasteiger partial charge in [0.15, 0.2) is 0 Å². The number of aromatic nitrogens is 2. The molecule has 5 heteroatoms. The Hall–Kier alpha value is -2.17. The summed E-state index contributed by atoms with van der Waals surface area (Å²) >= 11 is 0. The van der Waals surface area contributed by atoms with Crippen LogP contribution in [0.4, 0.5) is 5.69 Å². The minimum atomic E-state index is 0.0285. The van der Waals surface area contributed by atoms with Gasteiger partial charge in [0, 0.05) is 5.56 Å². The van der Waals surface area contributed by atoms with Crippen LogP contribution in [0, 0.1) is 0 Å². The zero-order chi connectivity index (χ0) is 10.8. The first-order valence-corrected chi connectivity index (χ1v) is 4.38. The van der Waals surface area contributed by atoms with Gasteiger partial charge in [0.05, 0.1) is 19.0 Å². The Morgan fingerprint density at radius 3 is 2.87 bits per heavy atom. The molecule has 2 aromatic rings. The number of nitrogens with one attached hydrogen (secondary N) is 1. The fourth-order valence-corrected chi connectivity index (χ4v) is 1.32. The number of anilines is 1. The lowest BCUT2D eigenvalue weighted by Gasteiger charge is -2.05. The average molecular weight is 205 g/mol. The number of benzene rings is 1. The third-order valence-electron chi connectivity index (χ3n) is 2.07. The lowest BCUT2D eigenvalue weighted by atomic mass is 10.2. The first kappa shape index (κ1) is 9.39. The molecule has 0 fully saturated rings. The molecule has 1 aromatic heterocycles. The summed E-state index contributed by atoms with van der Waals surface area (Å²) in [4.78, 5) is 6.70. The molecule has 0 aliphatic heterocycles. The van der Waals surface area contributed by atoms with Crippen molar-refractivity contribution in [3.63, 3.8) is 0 Å². The minimum Gasteiger partial charge on any atom is -0.495 e. The Balaban J connectivity index is 2.45. The molecule has 15 heavy (non-hydrogen) atoms. The summed E-state index contributed by atoms with van der Waals surface area (Å²) in [6, 6.07) is 5.29. The second-order valence-electron chi connectivity index (χ2n) is 3.07. The fourth-order valence-electron chi connectivity index (χ4n) is 1.32. The highest BCUT2D eigenvalue weighted by Crippen LogP contribution is 2.27. The van der Waals surface area contributed by atoms with Gasteiger partial charge in [0.2, 0.25) is 5.88 Å². The molecule has 1 aromatic carbocycles. The van der Waals surface area contributed by atoms with Gasteiger partial charge in [-0.25, -0.2) is 4.98 Å². The molecule has 78 valence electrons. The summed E-state index contributed by atoms with van der Waals surface area (Å²) in [5.41, 5.74) is 7.05. The molecule has 0 saturated heterocycles. The molecule has 0 aliphatic carbocycles. The maximum atomic E-state index is 9.12. The standard InChI is InChI=1S/C10H11N3O2/c1-15-8-4-6(2-3-7(8)11)10-12-5-9(14)13-10/h2-5,14H,11H2,1H3,(H,12,13). The van der Waals surface area contributed by atoms with E-state index < -0.39 is 0 Å². The summed E-state index contributed by atoms with van der Waals surface area (Å²) in [6.45, 7) is 0. The third kappa shape index (κ3) is 1.71. The van der Waals surface area contributed by atoms with Gasteiger partial charge in [-0.1, -0.05) is 0 Å². The van der Waals surface area contributed by atoms with Gasteiger partial charge >= 0.3 is 0 Å². The fraction of sp³-hybridized carbons (Fsp3) is 0.100. The second-order valence-corrected chi connectivity index (χ2v) is 3.07. The number of nitrogens with zero attached hydrogens (tertiary/aromatic N) is 1. The van der Waals surface area contributed by atoms with E-state index in [2.05, 4.69) is 9.97 Å². The molecular weight excluding hydrogens is 194 g/mol. The summed E-state index contributed by atoms with van der Waals surface area (Å²) in [5, 5.41) is 9.12. The smallest absolute Gasteiger partial charge is 0.208 e. The van der Waals surface area contributed by atoms with Crippen LogP contribution in [0.1, 0.15) is 0 Å². The zero-order valence-corrected chi connectivity index (χ0v) is 8.19. The predicted octanol–water partition coefficient (Wildman–Crippen LogP) is 1.37. The molecule has 0 radical (unpaired) electrons. The highest BCUT2D eigenvalue weighted by Gasteiger charge is 2.06. The van der Waals surface area contributed by atoms with E-state index in [1.54, 1.807) is 25.3 Å². The van der Waals surface area contributed by atoms with Crippen LogP contribution >= 0.6 is 0 Å². The Labute approximate surface area is 86.5 Å². The summed E-state index contributed by atoms with van der Waals surface area (Å²) in [6.07, 6.45) is 1.35. The monoisotopic (exact) mass is 205 g/mol. The molecular formula is C10H11N3O2. The van der Waals surface area contributed by atoms with E-state index in [4.69, 9.17) is 15.6 Å². The van der Waals surface area contributed by atoms with E-state index in [0.717, 1.165) is 5.56 Å². The number of hydrogen-bond acceptors (Lipinski definition) is 4. The number of nitrogens with two attached hydrogens (primary N) is 1. The molecule has 0 amide bonds.